The first-order chi connectivity index (χ1) is 9.56. The number of nitrogens with one attached hydrogen (secondary N) is 2. The van der Waals surface area contributed by atoms with Crippen LogP contribution in [0.3, 0.4) is 0 Å². The van der Waals surface area contributed by atoms with Crippen molar-refractivity contribution in [2.24, 2.45) is 0 Å². The van der Waals surface area contributed by atoms with Gasteiger partial charge in [-0.15, -0.1) is 0 Å². The second kappa shape index (κ2) is 6.86. The molecule has 104 valence electrons. The molecule has 20 heavy (non-hydrogen) atoms. The molecule has 0 amide bonds. The third kappa shape index (κ3) is 4.05. The lowest BCUT2D eigenvalue weighted by atomic mass is 10.1. The SMILES string of the molecule is Cc1cc(NC(=S)N[C@H](C)c2ccccc2)ccc1Br. The van der Waals surface area contributed by atoms with Gasteiger partial charge in [-0.1, -0.05) is 46.3 Å². The molecule has 2 N–H and O–H groups in total. The fourth-order valence-corrected chi connectivity index (χ4v) is 2.45. The molecule has 0 aliphatic heterocycles. The van der Waals surface area contributed by atoms with Gasteiger partial charge in [0, 0.05) is 10.2 Å². The van der Waals surface area contributed by atoms with Crippen LogP contribution in [0.15, 0.2) is 53.0 Å². The highest BCUT2D eigenvalue weighted by molar-refractivity contribution is 9.10. The standard InChI is InChI=1S/C16H17BrN2S/c1-11-10-14(8-9-15(11)17)19-16(20)18-12(2)13-6-4-3-5-7-13/h3-10,12H,1-2H3,(H2,18,19,20)/t12-/m1/s1. The Bertz CT molecular complexity index is 599. The summed E-state index contributed by atoms with van der Waals surface area (Å²) >= 11 is 8.84. The number of benzene rings is 2. The largest absolute Gasteiger partial charge is 0.356 e. The van der Waals surface area contributed by atoms with Gasteiger partial charge < -0.3 is 10.6 Å². The highest BCUT2D eigenvalue weighted by Crippen LogP contribution is 2.20. The van der Waals surface area contributed by atoms with Crippen molar-refractivity contribution in [2.75, 3.05) is 5.32 Å². The van der Waals surface area contributed by atoms with E-state index in [1.165, 1.54) is 11.1 Å². The summed E-state index contributed by atoms with van der Waals surface area (Å²) in [5.74, 6) is 0. The van der Waals surface area contributed by atoms with Crippen LogP contribution in [-0.2, 0) is 0 Å². The van der Waals surface area contributed by atoms with E-state index in [1.807, 2.05) is 30.3 Å². The van der Waals surface area contributed by atoms with Crippen LogP contribution >= 0.6 is 28.1 Å². The zero-order valence-electron chi connectivity index (χ0n) is 11.5. The van der Waals surface area contributed by atoms with E-state index >= 15 is 0 Å². The second-order valence-electron chi connectivity index (χ2n) is 4.69. The molecule has 0 unspecified atom stereocenters. The topological polar surface area (TPSA) is 24.1 Å². The van der Waals surface area contributed by atoms with E-state index in [0.29, 0.717) is 5.11 Å². The molecular formula is C16H17BrN2S. The Morgan fingerprint density at radius 1 is 1.15 bits per heavy atom. The first kappa shape index (κ1) is 15.0. The third-order valence-corrected chi connectivity index (χ3v) is 4.17. The van der Waals surface area contributed by atoms with E-state index in [0.717, 1.165) is 10.2 Å². The molecular weight excluding hydrogens is 332 g/mol. The molecule has 0 aliphatic carbocycles. The third-order valence-electron chi connectivity index (χ3n) is 3.06. The summed E-state index contributed by atoms with van der Waals surface area (Å²) in [6.07, 6.45) is 0. The molecule has 4 heteroatoms. The molecule has 2 nitrogen and oxygen atoms in total. The molecule has 0 heterocycles. The van der Waals surface area contributed by atoms with Crippen molar-refractivity contribution in [3.05, 3.63) is 64.1 Å². The van der Waals surface area contributed by atoms with Crippen molar-refractivity contribution < 1.29 is 0 Å². The molecule has 2 rings (SSSR count). The number of hydrogen-bond acceptors (Lipinski definition) is 1. The van der Waals surface area contributed by atoms with E-state index in [-0.39, 0.29) is 6.04 Å². The predicted molar refractivity (Wildman–Crippen MR) is 93.1 cm³/mol. The van der Waals surface area contributed by atoms with E-state index in [1.54, 1.807) is 0 Å². The minimum atomic E-state index is 0.174. The van der Waals surface area contributed by atoms with Crippen molar-refractivity contribution in [3.63, 3.8) is 0 Å². The van der Waals surface area contributed by atoms with Crippen LogP contribution in [0.4, 0.5) is 5.69 Å². The van der Waals surface area contributed by atoms with Crippen LogP contribution in [0, 0.1) is 6.92 Å². The smallest absolute Gasteiger partial charge is 0.171 e. The molecule has 0 aliphatic rings. The maximum Gasteiger partial charge on any atom is 0.171 e. The normalized spacial score (nSPS) is 11.8. The highest BCUT2D eigenvalue weighted by Gasteiger charge is 2.06. The monoisotopic (exact) mass is 348 g/mol. The van der Waals surface area contributed by atoms with Gasteiger partial charge >= 0.3 is 0 Å². The van der Waals surface area contributed by atoms with Gasteiger partial charge in [-0.2, -0.15) is 0 Å². The van der Waals surface area contributed by atoms with Gasteiger partial charge in [-0.05, 0) is 55.4 Å². The van der Waals surface area contributed by atoms with E-state index < -0.39 is 0 Å². The minimum Gasteiger partial charge on any atom is -0.356 e. The number of rotatable bonds is 3. The molecule has 0 spiro atoms. The van der Waals surface area contributed by atoms with Crippen LogP contribution in [-0.4, -0.2) is 5.11 Å². The molecule has 0 bridgehead atoms. The number of aryl methyl sites for hydroxylation is 1. The Labute approximate surface area is 133 Å². The highest BCUT2D eigenvalue weighted by atomic mass is 79.9. The lowest BCUT2D eigenvalue weighted by Crippen LogP contribution is -2.30. The molecule has 2 aromatic rings. The van der Waals surface area contributed by atoms with Crippen LogP contribution in [0.5, 0.6) is 0 Å². The summed E-state index contributed by atoms with van der Waals surface area (Å²) in [7, 11) is 0. The van der Waals surface area contributed by atoms with Crippen LogP contribution < -0.4 is 10.6 Å². The first-order valence-corrected chi connectivity index (χ1v) is 7.65. The number of thiocarbonyl (C=S) groups is 1. The Hall–Kier alpha value is -1.39. The van der Waals surface area contributed by atoms with Crippen LogP contribution in [0.1, 0.15) is 24.1 Å². The maximum atomic E-state index is 5.35. The quantitative estimate of drug-likeness (QED) is 0.778. The summed E-state index contributed by atoms with van der Waals surface area (Å²) in [6.45, 7) is 4.15. The molecule has 0 saturated heterocycles. The van der Waals surface area contributed by atoms with Crippen LogP contribution in [0.25, 0.3) is 0 Å². The lowest BCUT2D eigenvalue weighted by Gasteiger charge is -2.17. The summed E-state index contributed by atoms with van der Waals surface area (Å²) in [5, 5.41) is 7.13. The molecule has 0 fully saturated rings. The Balaban J connectivity index is 1.97. The average molecular weight is 349 g/mol. The van der Waals surface area contributed by atoms with Crippen molar-refractivity contribution in [1.82, 2.24) is 5.32 Å². The van der Waals surface area contributed by atoms with Gasteiger partial charge in [0.1, 0.15) is 0 Å². The van der Waals surface area contributed by atoms with E-state index in [2.05, 4.69) is 58.6 Å². The maximum absolute atomic E-state index is 5.35. The predicted octanol–water partition coefficient (Wildman–Crippen LogP) is 4.81. The fourth-order valence-electron chi connectivity index (χ4n) is 1.91. The zero-order chi connectivity index (χ0) is 14.5. The lowest BCUT2D eigenvalue weighted by molar-refractivity contribution is 0.722. The summed E-state index contributed by atoms with van der Waals surface area (Å²) in [5.41, 5.74) is 3.38. The number of anilines is 1. The van der Waals surface area contributed by atoms with Gasteiger partial charge in [0.05, 0.1) is 6.04 Å². The molecule has 2 aromatic carbocycles. The Morgan fingerprint density at radius 3 is 2.50 bits per heavy atom. The molecule has 0 saturated carbocycles. The summed E-state index contributed by atoms with van der Waals surface area (Å²) < 4.78 is 1.10. The van der Waals surface area contributed by atoms with E-state index in [4.69, 9.17) is 12.2 Å². The van der Waals surface area contributed by atoms with E-state index in [9.17, 15) is 0 Å². The van der Waals surface area contributed by atoms with Gasteiger partial charge in [-0.25, -0.2) is 0 Å². The van der Waals surface area contributed by atoms with Crippen molar-refractivity contribution in [2.45, 2.75) is 19.9 Å². The Kier molecular flexibility index (Phi) is 5.15. The van der Waals surface area contributed by atoms with Crippen molar-refractivity contribution in [3.8, 4) is 0 Å². The molecule has 0 radical (unpaired) electrons. The number of halogens is 1. The van der Waals surface area contributed by atoms with Gasteiger partial charge in [0.2, 0.25) is 0 Å². The summed E-state index contributed by atoms with van der Waals surface area (Å²) in [4.78, 5) is 0. The molecule has 0 aromatic heterocycles. The zero-order valence-corrected chi connectivity index (χ0v) is 13.9. The second-order valence-corrected chi connectivity index (χ2v) is 5.96. The van der Waals surface area contributed by atoms with Crippen LogP contribution in [0.2, 0.25) is 0 Å². The Morgan fingerprint density at radius 2 is 1.85 bits per heavy atom. The van der Waals surface area contributed by atoms with Crippen molar-refractivity contribution >= 4 is 38.9 Å². The summed E-state index contributed by atoms with van der Waals surface area (Å²) in [6, 6.07) is 16.5. The first-order valence-electron chi connectivity index (χ1n) is 6.45. The number of hydrogen-bond donors (Lipinski definition) is 2. The van der Waals surface area contributed by atoms with Gasteiger partial charge in [0.15, 0.2) is 5.11 Å². The molecule has 1 atom stereocenters. The average Bonchev–Trinajstić information content (AvgIpc) is 2.44. The minimum absolute atomic E-state index is 0.174. The van der Waals surface area contributed by atoms with Gasteiger partial charge in [-0.3, -0.25) is 0 Å². The fraction of sp³-hybridized carbons (Fsp3) is 0.188. The van der Waals surface area contributed by atoms with Crippen molar-refractivity contribution in [1.29, 1.82) is 0 Å². The van der Waals surface area contributed by atoms with Gasteiger partial charge in [0.25, 0.3) is 0 Å².